The van der Waals surface area contributed by atoms with Crippen molar-refractivity contribution in [3.63, 3.8) is 0 Å². The maximum absolute atomic E-state index is 12.0. The van der Waals surface area contributed by atoms with Crippen LogP contribution < -0.4 is 24.8 Å². The molecule has 0 spiro atoms. The fourth-order valence-corrected chi connectivity index (χ4v) is 2.88. The molecule has 166 valence electrons. The van der Waals surface area contributed by atoms with Gasteiger partial charge in [-0.05, 0) is 17.3 Å². The van der Waals surface area contributed by atoms with Crippen LogP contribution in [0.15, 0.2) is 47.8 Å². The number of benzene rings is 2. The van der Waals surface area contributed by atoms with Gasteiger partial charge in [-0.2, -0.15) is 4.98 Å². The quantitative estimate of drug-likeness (QED) is 0.369. The first-order valence-corrected chi connectivity index (χ1v) is 9.26. The Morgan fingerprint density at radius 1 is 0.969 bits per heavy atom. The van der Waals surface area contributed by atoms with Gasteiger partial charge in [0.05, 0.1) is 45.9 Å². The summed E-state index contributed by atoms with van der Waals surface area (Å²) in [5.41, 5.74) is 1.17. The van der Waals surface area contributed by atoms with E-state index in [0.717, 1.165) is 0 Å². The molecule has 0 atom stereocenters. The lowest BCUT2D eigenvalue weighted by Crippen LogP contribution is -2.07. The molecule has 2 aromatic carbocycles. The van der Waals surface area contributed by atoms with Gasteiger partial charge in [-0.25, -0.2) is 9.78 Å². The summed E-state index contributed by atoms with van der Waals surface area (Å²) in [6.07, 6.45) is 1.25. The van der Waals surface area contributed by atoms with E-state index in [4.69, 9.17) is 18.9 Å². The summed E-state index contributed by atoms with van der Waals surface area (Å²) in [7, 11) is 5.79. The summed E-state index contributed by atoms with van der Waals surface area (Å²) >= 11 is 0. The van der Waals surface area contributed by atoms with Crippen LogP contribution in [0.4, 0.5) is 28.8 Å². The number of methoxy groups -OCH3 is 4. The molecule has 11 nitrogen and oxygen atoms in total. The second-order valence-electron chi connectivity index (χ2n) is 6.22. The Kier molecular flexibility index (Phi) is 7.01. The number of nitrogens with zero attached hydrogens (tertiary/aromatic N) is 3. The van der Waals surface area contributed by atoms with Gasteiger partial charge in [-0.15, -0.1) is 4.91 Å². The van der Waals surface area contributed by atoms with Crippen molar-refractivity contribution in [3.8, 4) is 17.2 Å². The molecule has 0 saturated heterocycles. The Hall–Kier alpha value is -4.41. The minimum absolute atomic E-state index is 0.0416. The summed E-state index contributed by atoms with van der Waals surface area (Å²) in [4.78, 5) is 31.7. The van der Waals surface area contributed by atoms with E-state index in [1.54, 1.807) is 36.4 Å². The zero-order valence-corrected chi connectivity index (χ0v) is 17.8. The zero-order valence-electron chi connectivity index (χ0n) is 17.8. The number of para-hydroxylation sites is 1. The number of esters is 1. The molecule has 3 aromatic rings. The molecule has 2 N–H and O–H groups in total. The van der Waals surface area contributed by atoms with E-state index in [0.29, 0.717) is 28.6 Å². The second kappa shape index (κ2) is 10.1. The monoisotopic (exact) mass is 439 g/mol. The van der Waals surface area contributed by atoms with E-state index in [1.165, 1.54) is 34.6 Å². The maximum atomic E-state index is 12.0. The molecular formula is C21H21N5O6. The summed E-state index contributed by atoms with van der Waals surface area (Å²) in [5.74, 6) is 1.02. The molecule has 3 rings (SSSR count). The number of rotatable bonds is 9. The van der Waals surface area contributed by atoms with Gasteiger partial charge >= 0.3 is 5.97 Å². The van der Waals surface area contributed by atoms with Gasteiger partial charge in [0.2, 0.25) is 11.7 Å². The molecule has 1 heterocycles. The number of hydrogen-bond donors (Lipinski definition) is 2. The SMILES string of the molecule is COC(=O)c1ccccc1Nc1nc(Nc2cc(OC)c(OC)c(OC)c2)ncc1N=O. The van der Waals surface area contributed by atoms with Crippen LogP contribution in [0.1, 0.15) is 10.4 Å². The first kappa shape index (κ1) is 22.3. The molecule has 1 aromatic heterocycles. The Balaban J connectivity index is 1.96. The number of hydrogen-bond acceptors (Lipinski definition) is 11. The Morgan fingerprint density at radius 2 is 1.66 bits per heavy atom. The molecule has 0 fully saturated rings. The molecule has 0 saturated carbocycles. The maximum Gasteiger partial charge on any atom is 0.339 e. The minimum atomic E-state index is -0.543. The van der Waals surface area contributed by atoms with Crippen molar-refractivity contribution >= 4 is 34.8 Å². The van der Waals surface area contributed by atoms with Gasteiger partial charge < -0.3 is 29.6 Å². The van der Waals surface area contributed by atoms with Crippen molar-refractivity contribution in [1.29, 1.82) is 0 Å². The van der Waals surface area contributed by atoms with Gasteiger partial charge in [0.15, 0.2) is 23.0 Å². The Morgan fingerprint density at radius 3 is 2.25 bits per heavy atom. The van der Waals surface area contributed by atoms with Gasteiger partial charge in [0.25, 0.3) is 0 Å². The van der Waals surface area contributed by atoms with Crippen LogP contribution in [-0.2, 0) is 4.74 Å². The third-order valence-corrected chi connectivity index (χ3v) is 4.37. The number of nitroso groups, excluding NO2 is 1. The van der Waals surface area contributed by atoms with Crippen molar-refractivity contribution in [3.05, 3.63) is 53.1 Å². The van der Waals surface area contributed by atoms with Crippen molar-refractivity contribution < 1.29 is 23.7 Å². The first-order valence-electron chi connectivity index (χ1n) is 9.26. The molecule has 32 heavy (non-hydrogen) atoms. The number of nitrogens with one attached hydrogen (secondary N) is 2. The average Bonchev–Trinajstić information content (AvgIpc) is 2.83. The molecule has 0 aliphatic heterocycles. The number of aromatic nitrogens is 2. The van der Waals surface area contributed by atoms with Crippen LogP contribution in [0.5, 0.6) is 17.2 Å². The Bertz CT molecular complexity index is 1110. The molecular weight excluding hydrogens is 418 g/mol. The van der Waals surface area contributed by atoms with E-state index >= 15 is 0 Å². The third kappa shape index (κ3) is 4.67. The van der Waals surface area contributed by atoms with Gasteiger partial charge in [-0.3, -0.25) is 0 Å². The highest BCUT2D eigenvalue weighted by atomic mass is 16.5. The van der Waals surface area contributed by atoms with Crippen LogP contribution in [0.25, 0.3) is 0 Å². The van der Waals surface area contributed by atoms with Crippen molar-refractivity contribution in [2.75, 3.05) is 39.1 Å². The summed E-state index contributed by atoms with van der Waals surface area (Å²) in [6.45, 7) is 0. The largest absolute Gasteiger partial charge is 0.493 e. The molecule has 0 aliphatic carbocycles. The zero-order chi connectivity index (χ0) is 23.1. The van der Waals surface area contributed by atoms with Crippen molar-refractivity contribution in [1.82, 2.24) is 9.97 Å². The van der Waals surface area contributed by atoms with Crippen LogP contribution in [0.3, 0.4) is 0 Å². The normalized spacial score (nSPS) is 10.1. The number of carbonyl (C=O) groups is 1. The van der Waals surface area contributed by atoms with Crippen LogP contribution in [0.2, 0.25) is 0 Å². The van der Waals surface area contributed by atoms with Crippen LogP contribution in [-0.4, -0.2) is 44.4 Å². The van der Waals surface area contributed by atoms with Crippen LogP contribution in [0, 0.1) is 4.91 Å². The van der Waals surface area contributed by atoms with Crippen molar-refractivity contribution in [2.24, 2.45) is 5.18 Å². The summed E-state index contributed by atoms with van der Waals surface area (Å²) in [6, 6.07) is 9.99. The van der Waals surface area contributed by atoms with Gasteiger partial charge in [0.1, 0.15) is 0 Å². The summed E-state index contributed by atoms with van der Waals surface area (Å²) < 4.78 is 20.8. The van der Waals surface area contributed by atoms with E-state index in [2.05, 4.69) is 25.8 Å². The minimum Gasteiger partial charge on any atom is -0.493 e. The van der Waals surface area contributed by atoms with Gasteiger partial charge in [-0.1, -0.05) is 12.1 Å². The molecule has 0 amide bonds. The molecule has 11 heteroatoms. The second-order valence-corrected chi connectivity index (χ2v) is 6.22. The van der Waals surface area contributed by atoms with E-state index in [-0.39, 0.29) is 23.0 Å². The highest BCUT2D eigenvalue weighted by Gasteiger charge is 2.17. The first-order chi connectivity index (χ1) is 15.5. The summed E-state index contributed by atoms with van der Waals surface area (Å²) in [5, 5.41) is 8.91. The van der Waals surface area contributed by atoms with E-state index in [1.807, 2.05) is 0 Å². The lowest BCUT2D eigenvalue weighted by Gasteiger charge is -2.15. The molecule has 0 aliphatic rings. The lowest BCUT2D eigenvalue weighted by atomic mass is 10.2. The fraction of sp³-hybridized carbons (Fsp3) is 0.190. The van der Waals surface area contributed by atoms with Crippen LogP contribution >= 0.6 is 0 Å². The van der Waals surface area contributed by atoms with E-state index in [9.17, 15) is 9.70 Å². The van der Waals surface area contributed by atoms with Crippen molar-refractivity contribution in [2.45, 2.75) is 0 Å². The predicted molar refractivity (Wildman–Crippen MR) is 118 cm³/mol. The molecule has 0 bridgehead atoms. The lowest BCUT2D eigenvalue weighted by molar-refractivity contribution is 0.0602. The predicted octanol–water partition coefficient (Wildman–Crippen LogP) is 4.17. The highest BCUT2D eigenvalue weighted by molar-refractivity contribution is 5.96. The number of carbonyl (C=O) groups excluding carboxylic acids is 1. The average molecular weight is 439 g/mol. The fourth-order valence-electron chi connectivity index (χ4n) is 2.88. The molecule has 0 unspecified atom stereocenters. The number of anilines is 4. The number of ether oxygens (including phenoxy) is 4. The topological polar surface area (TPSA) is 133 Å². The Labute approximate surface area is 183 Å². The third-order valence-electron chi connectivity index (χ3n) is 4.37. The standard InChI is InChI=1S/C21H21N5O6/c1-29-16-9-12(10-17(30-2)18(16)31-3)23-21-22-11-15(26-28)19(25-21)24-14-8-6-5-7-13(14)20(27)32-4/h5-11H,1-4H3,(H2,22,23,24,25). The highest BCUT2D eigenvalue weighted by Crippen LogP contribution is 2.40. The smallest absolute Gasteiger partial charge is 0.339 e. The van der Waals surface area contributed by atoms with Gasteiger partial charge in [0, 0.05) is 17.8 Å². The molecule has 0 radical (unpaired) electrons. The van der Waals surface area contributed by atoms with E-state index < -0.39 is 5.97 Å².